The van der Waals surface area contributed by atoms with Crippen molar-refractivity contribution in [1.82, 2.24) is 4.98 Å². The highest BCUT2D eigenvalue weighted by Crippen LogP contribution is 2.25. The summed E-state index contributed by atoms with van der Waals surface area (Å²) in [5.74, 6) is 0.898. The van der Waals surface area contributed by atoms with Crippen LogP contribution in [-0.2, 0) is 0 Å². The van der Waals surface area contributed by atoms with Gasteiger partial charge < -0.3 is 4.74 Å². The van der Waals surface area contributed by atoms with Gasteiger partial charge in [0.15, 0.2) is 0 Å². The molecule has 16 heavy (non-hydrogen) atoms. The number of aromatic nitrogens is 1. The molecule has 1 aromatic heterocycles. The third kappa shape index (κ3) is 2.16. The van der Waals surface area contributed by atoms with Crippen molar-refractivity contribution in [3.63, 3.8) is 0 Å². The molecule has 2 aromatic rings. The molecule has 0 spiro atoms. The van der Waals surface area contributed by atoms with Crippen molar-refractivity contribution >= 4 is 10.9 Å². The Morgan fingerprint density at radius 2 is 2.12 bits per heavy atom. The zero-order valence-corrected chi connectivity index (χ0v) is 9.86. The minimum absolute atomic E-state index is 0.769. The minimum atomic E-state index is 0.769. The van der Waals surface area contributed by atoms with Gasteiger partial charge in [-0.05, 0) is 31.0 Å². The average Bonchev–Trinajstić information content (AvgIpc) is 2.31. The van der Waals surface area contributed by atoms with Crippen molar-refractivity contribution in [2.75, 3.05) is 6.61 Å². The topological polar surface area (TPSA) is 22.1 Å². The normalized spacial score (nSPS) is 10.6. The summed E-state index contributed by atoms with van der Waals surface area (Å²) in [6, 6.07) is 8.13. The zero-order chi connectivity index (χ0) is 11.4. The van der Waals surface area contributed by atoms with Crippen molar-refractivity contribution < 1.29 is 4.74 Å². The van der Waals surface area contributed by atoms with E-state index in [1.165, 1.54) is 10.9 Å². The SMILES string of the molecule is CCCCOc1cccc2c(C)ccnc12. The molecule has 0 saturated carbocycles. The number of fused-ring (bicyclic) bond motifs is 1. The Bertz CT molecular complexity index is 479. The second kappa shape index (κ2) is 4.97. The molecule has 0 bridgehead atoms. The highest BCUT2D eigenvalue weighted by Gasteiger charge is 2.04. The lowest BCUT2D eigenvalue weighted by Gasteiger charge is -2.08. The van der Waals surface area contributed by atoms with E-state index >= 15 is 0 Å². The van der Waals surface area contributed by atoms with E-state index in [0.29, 0.717) is 0 Å². The van der Waals surface area contributed by atoms with Gasteiger partial charge in [-0.2, -0.15) is 0 Å². The Kier molecular flexibility index (Phi) is 3.40. The van der Waals surface area contributed by atoms with Crippen LogP contribution in [0.2, 0.25) is 0 Å². The number of benzene rings is 1. The van der Waals surface area contributed by atoms with E-state index in [2.05, 4.69) is 24.9 Å². The molecular formula is C14H17NO. The molecule has 0 unspecified atom stereocenters. The smallest absolute Gasteiger partial charge is 0.145 e. The summed E-state index contributed by atoms with van der Waals surface area (Å²) in [6.07, 6.45) is 4.07. The van der Waals surface area contributed by atoms with Crippen LogP contribution in [0.5, 0.6) is 5.75 Å². The summed E-state index contributed by atoms with van der Waals surface area (Å²) in [5.41, 5.74) is 2.21. The maximum atomic E-state index is 5.75. The number of pyridine rings is 1. The zero-order valence-electron chi connectivity index (χ0n) is 9.86. The lowest BCUT2D eigenvalue weighted by Crippen LogP contribution is -1.98. The number of ether oxygens (including phenoxy) is 1. The quantitative estimate of drug-likeness (QED) is 0.725. The molecule has 0 N–H and O–H groups in total. The molecule has 2 nitrogen and oxygen atoms in total. The predicted octanol–water partition coefficient (Wildman–Crippen LogP) is 3.72. The van der Waals surface area contributed by atoms with Gasteiger partial charge in [0.1, 0.15) is 11.3 Å². The van der Waals surface area contributed by atoms with Gasteiger partial charge in [-0.25, -0.2) is 0 Å². The number of para-hydroxylation sites is 1. The van der Waals surface area contributed by atoms with Crippen LogP contribution in [0.1, 0.15) is 25.3 Å². The lowest BCUT2D eigenvalue weighted by atomic mass is 10.1. The first-order valence-electron chi connectivity index (χ1n) is 5.80. The van der Waals surface area contributed by atoms with E-state index in [0.717, 1.165) is 30.7 Å². The van der Waals surface area contributed by atoms with E-state index < -0.39 is 0 Å². The van der Waals surface area contributed by atoms with Crippen molar-refractivity contribution in [1.29, 1.82) is 0 Å². The summed E-state index contributed by atoms with van der Waals surface area (Å²) in [5, 5.41) is 1.18. The second-order valence-corrected chi connectivity index (χ2v) is 3.98. The third-order valence-electron chi connectivity index (χ3n) is 2.71. The minimum Gasteiger partial charge on any atom is -0.491 e. The molecule has 0 saturated heterocycles. The number of hydrogen-bond donors (Lipinski definition) is 0. The molecule has 0 atom stereocenters. The van der Waals surface area contributed by atoms with Crippen molar-refractivity contribution in [3.8, 4) is 5.75 Å². The number of rotatable bonds is 4. The summed E-state index contributed by atoms with van der Waals surface area (Å²) >= 11 is 0. The Balaban J connectivity index is 2.34. The molecule has 0 aliphatic rings. The van der Waals surface area contributed by atoms with Gasteiger partial charge in [0.2, 0.25) is 0 Å². The first kappa shape index (κ1) is 10.9. The van der Waals surface area contributed by atoms with Crippen LogP contribution in [-0.4, -0.2) is 11.6 Å². The van der Waals surface area contributed by atoms with Crippen LogP contribution in [0.25, 0.3) is 10.9 Å². The van der Waals surface area contributed by atoms with Crippen LogP contribution in [0.3, 0.4) is 0 Å². The standard InChI is InChI=1S/C14H17NO/c1-3-4-10-16-13-7-5-6-12-11(2)8-9-15-14(12)13/h5-9H,3-4,10H2,1-2H3. The first-order chi connectivity index (χ1) is 7.83. The Hall–Kier alpha value is -1.57. The van der Waals surface area contributed by atoms with Gasteiger partial charge in [0.05, 0.1) is 6.61 Å². The van der Waals surface area contributed by atoms with E-state index in [1.54, 1.807) is 0 Å². The predicted molar refractivity (Wildman–Crippen MR) is 66.9 cm³/mol. The fraction of sp³-hybridized carbons (Fsp3) is 0.357. The molecule has 0 aliphatic heterocycles. The van der Waals surface area contributed by atoms with Crippen molar-refractivity contribution in [2.24, 2.45) is 0 Å². The van der Waals surface area contributed by atoms with Crippen LogP contribution in [0.15, 0.2) is 30.5 Å². The molecular weight excluding hydrogens is 198 g/mol. The van der Waals surface area contributed by atoms with E-state index in [4.69, 9.17) is 4.74 Å². The van der Waals surface area contributed by atoms with Crippen molar-refractivity contribution in [2.45, 2.75) is 26.7 Å². The third-order valence-corrected chi connectivity index (χ3v) is 2.71. The largest absolute Gasteiger partial charge is 0.491 e. The molecule has 2 rings (SSSR count). The molecule has 0 amide bonds. The van der Waals surface area contributed by atoms with Crippen LogP contribution >= 0.6 is 0 Å². The Morgan fingerprint density at radius 3 is 2.94 bits per heavy atom. The number of unbranched alkanes of at least 4 members (excludes halogenated alkanes) is 1. The van der Waals surface area contributed by atoms with Gasteiger partial charge in [-0.3, -0.25) is 4.98 Å². The van der Waals surface area contributed by atoms with Gasteiger partial charge in [-0.15, -0.1) is 0 Å². The maximum absolute atomic E-state index is 5.75. The molecule has 1 aromatic carbocycles. The van der Waals surface area contributed by atoms with Crippen LogP contribution < -0.4 is 4.74 Å². The summed E-state index contributed by atoms with van der Waals surface area (Å²) in [7, 11) is 0. The van der Waals surface area contributed by atoms with E-state index in [-0.39, 0.29) is 0 Å². The summed E-state index contributed by atoms with van der Waals surface area (Å²) in [6.45, 7) is 5.03. The van der Waals surface area contributed by atoms with Crippen LogP contribution in [0.4, 0.5) is 0 Å². The monoisotopic (exact) mass is 215 g/mol. The van der Waals surface area contributed by atoms with Crippen LogP contribution in [0, 0.1) is 6.92 Å². The first-order valence-corrected chi connectivity index (χ1v) is 5.80. The average molecular weight is 215 g/mol. The Morgan fingerprint density at radius 1 is 1.25 bits per heavy atom. The molecule has 0 aliphatic carbocycles. The number of aryl methyl sites for hydroxylation is 1. The van der Waals surface area contributed by atoms with Gasteiger partial charge in [-0.1, -0.05) is 25.5 Å². The fourth-order valence-corrected chi connectivity index (χ4v) is 1.73. The second-order valence-electron chi connectivity index (χ2n) is 3.98. The van der Waals surface area contributed by atoms with Gasteiger partial charge >= 0.3 is 0 Å². The fourth-order valence-electron chi connectivity index (χ4n) is 1.73. The molecule has 0 radical (unpaired) electrons. The summed E-state index contributed by atoms with van der Waals surface area (Å²) in [4.78, 5) is 4.40. The van der Waals surface area contributed by atoms with E-state index in [1.807, 2.05) is 24.4 Å². The molecule has 2 heteroatoms. The molecule has 1 heterocycles. The molecule has 84 valence electrons. The van der Waals surface area contributed by atoms with Gasteiger partial charge in [0.25, 0.3) is 0 Å². The Labute approximate surface area is 96.3 Å². The van der Waals surface area contributed by atoms with E-state index in [9.17, 15) is 0 Å². The van der Waals surface area contributed by atoms with Crippen molar-refractivity contribution in [3.05, 3.63) is 36.0 Å². The lowest BCUT2D eigenvalue weighted by molar-refractivity contribution is 0.312. The highest BCUT2D eigenvalue weighted by atomic mass is 16.5. The van der Waals surface area contributed by atoms with Gasteiger partial charge in [0, 0.05) is 11.6 Å². The molecule has 0 fully saturated rings. The number of hydrogen-bond acceptors (Lipinski definition) is 2. The maximum Gasteiger partial charge on any atom is 0.145 e. The number of nitrogens with zero attached hydrogens (tertiary/aromatic N) is 1. The highest BCUT2D eigenvalue weighted by molar-refractivity contribution is 5.86. The summed E-state index contributed by atoms with van der Waals surface area (Å²) < 4.78 is 5.75.